The predicted molar refractivity (Wildman–Crippen MR) is 164 cm³/mol. The van der Waals surface area contributed by atoms with Crippen molar-refractivity contribution in [3.8, 4) is 16.9 Å². The maximum Gasteiger partial charge on any atom is 0.329 e. The monoisotopic (exact) mass is 676 g/mol. The van der Waals surface area contributed by atoms with E-state index in [1.807, 2.05) is 31.2 Å². The van der Waals surface area contributed by atoms with E-state index in [1.165, 1.54) is 7.11 Å². The topological polar surface area (TPSA) is 118 Å². The number of nitrogens with one attached hydrogen (secondary N) is 1. The Kier molecular flexibility index (Phi) is 9.16. The molecule has 210 valence electrons. The van der Waals surface area contributed by atoms with Crippen LogP contribution >= 0.6 is 22.6 Å². The van der Waals surface area contributed by atoms with Gasteiger partial charge < -0.3 is 19.2 Å². The number of rotatable bonds is 9. The van der Waals surface area contributed by atoms with Crippen LogP contribution in [0, 0.1) is 16.4 Å². The van der Waals surface area contributed by atoms with Gasteiger partial charge in [0.15, 0.2) is 5.76 Å². The number of nitrogens with zero attached hydrogens (tertiary/aromatic N) is 1. The van der Waals surface area contributed by atoms with Crippen molar-refractivity contribution in [3.05, 3.63) is 75.6 Å². The fraction of sp³-hybridized carbons (Fsp3) is 0.241. The normalized spacial score (nSPS) is 12.7. The number of halogens is 1. The molecule has 0 fully saturated rings. The van der Waals surface area contributed by atoms with Gasteiger partial charge in [0.1, 0.15) is 17.4 Å². The van der Waals surface area contributed by atoms with Crippen LogP contribution in [-0.2, 0) is 20.8 Å². The Hall–Kier alpha value is -3.42. The molecule has 1 heterocycles. The van der Waals surface area contributed by atoms with Gasteiger partial charge in [-0.2, -0.15) is 0 Å². The first kappa shape index (κ1) is 29.6. The number of aryl methyl sites for hydroxylation is 1. The molecule has 1 aromatic heterocycles. The van der Waals surface area contributed by atoms with Crippen molar-refractivity contribution >= 4 is 68.1 Å². The number of anilines is 2. The Morgan fingerprint density at radius 1 is 1.00 bits per heavy atom. The molecule has 1 amide bonds. The number of benzene rings is 3. The highest BCUT2D eigenvalue weighted by atomic mass is 127. The molecule has 0 radical (unpaired) electrons. The van der Waals surface area contributed by atoms with E-state index in [1.54, 1.807) is 57.4 Å². The summed E-state index contributed by atoms with van der Waals surface area (Å²) in [5.74, 6) is -0.337. The van der Waals surface area contributed by atoms with E-state index < -0.39 is 23.3 Å². The maximum absolute atomic E-state index is 13.0. The summed E-state index contributed by atoms with van der Waals surface area (Å²) in [6, 6.07) is 17.0. The summed E-state index contributed by atoms with van der Waals surface area (Å²) >= 11 is -0.254. The molecule has 40 heavy (non-hydrogen) atoms. The second-order valence-corrected chi connectivity index (χ2v) is 11.4. The molecule has 2 unspecified atom stereocenters. The minimum Gasteiger partial charge on any atom is -0.495 e. The van der Waals surface area contributed by atoms with Crippen LogP contribution in [0.2, 0.25) is 0 Å². The number of furan rings is 1. The molecule has 4 aromatic rings. The van der Waals surface area contributed by atoms with Crippen molar-refractivity contribution in [2.45, 2.75) is 26.8 Å². The molecular formula is C29H29IN2O7S. The molecule has 0 spiro atoms. The van der Waals surface area contributed by atoms with E-state index in [2.05, 4.69) is 27.9 Å². The predicted octanol–water partition coefficient (Wildman–Crippen LogP) is 6.41. The molecular weight excluding hydrogens is 647 g/mol. The van der Waals surface area contributed by atoms with Gasteiger partial charge in [0, 0.05) is 11.3 Å². The fourth-order valence-corrected chi connectivity index (χ4v) is 6.03. The van der Waals surface area contributed by atoms with E-state index in [4.69, 9.17) is 13.9 Å². The van der Waals surface area contributed by atoms with Crippen molar-refractivity contribution in [2.75, 3.05) is 23.8 Å². The molecule has 2 N–H and O–H groups in total. The number of ether oxygens (including phenoxy) is 2. The lowest BCUT2D eigenvalue weighted by Gasteiger charge is -2.30. The first-order chi connectivity index (χ1) is 19.1. The van der Waals surface area contributed by atoms with Crippen LogP contribution < -0.4 is 14.4 Å². The lowest BCUT2D eigenvalue weighted by atomic mass is 10.0. The number of fused-ring (bicyclic) bond motifs is 1. The zero-order valence-corrected chi connectivity index (χ0v) is 25.5. The van der Waals surface area contributed by atoms with Gasteiger partial charge in [0.05, 0.1) is 28.9 Å². The van der Waals surface area contributed by atoms with Crippen LogP contribution in [0.4, 0.5) is 11.4 Å². The lowest BCUT2D eigenvalue weighted by molar-refractivity contribution is -0.142. The van der Waals surface area contributed by atoms with Gasteiger partial charge in [-0.05, 0) is 83.0 Å². The molecule has 0 saturated carbocycles. The van der Waals surface area contributed by atoms with E-state index >= 15 is 0 Å². The first-order valence-corrected chi connectivity index (χ1v) is 14.5. The zero-order valence-electron chi connectivity index (χ0n) is 22.6. The van der Waals surface area contributed by atoms with Crippen LogP contribution in [0.5, 0.6) is 5.75 Å². The summed E-state index contributed by atoms with van der Waals surface area (Å²) in [6.45, 7) is 5.39. The van der Waals surface area contributed by atoms with Crippen LogP contribution in [0.1, 0.15) is 30.0 Å². The highest BCUT2D eigenvalue weighted by molar-refractivity contribution is 14.1. The van der Waals surface area contributed by atoms with Crippen LogP contribution in [0.3, 0.4) is 0 Å². The molecule has 0 saturated heterocycles. The maximum atomic E-state index is 13.0. The molecule has 3 aromatic carbocycles. The lowest BCUT2D eigenvalue weighted by Crippen LogP contribution is -2.46. The summed E-state index contributed by atoms with van der Waals surface area (Å²) in [6.07, 6.45) is 0. The van der Waals surface area contributed by atoms with E-state index in [9.17, 15) is 18.4 Å². The number of hydrogen-bond acceptors (Lipinski definition) is 6. The highest BCUT2D eigenvalue weighted by Crippen LogP contribution is 2.37. The highest BCUT2D eigenvalue weighted by Gasteiger charge is 2.33. The molecule has 0 aliphatic carbocycles. The smallest absolute Gasteiger partial charge is 0.329 e. The quantitative estimate of drug-likeness (QED) is 0.120. The van der Waals surface area contributed by atoms with Crippen LogP contribution in [0.15, 0.2) is 65.1 Å². The summed E-state index contributed by atoms with van der Waals surface area (Å²) in [5, 5.41) is 3.65. The number of carbonyl (C=O) groups excluding carboxylic acids is 2. The Morgan fingerprint density at radius 3 is 2.12 bits per heavy atom. The standard InChI is InChI=1S/C29H29IN2O7S/c1-16(2)25(29(34)38-5)32(40(35)36)21-12-8-19(9-13-21)18-6-10-20(11-7-18)31-28(33)26-17(3)24-23(39-26)15-14-22(30)27(24)37-4/h6-16,25H,1-5H3,(H,31,33)(H,35,36). The van der Waals surface area contributed by atoms with Crippen molar-refractivity contribution in [3.63, 3.8) is 0 Å². The zero-order chi connectivity index (χ0) is 29.1. The number of methoxy groups -OCH3 is 2. The van der Waals surface area contributed by atoms with Gasteiger partial charge in [-0.3, -0.25) is 13.7 Å². The summed E-state index contributed by atoms with van der Waals surface area (Å²) in [5.41, 5.74) is 3.99. The minimum absolute atomic E-state index is 0.215. The van der Waals surface area contributed by atoms with Crippen LogP contribution in [-0.4, -0.2) is 40.9 Å². The Bertz CT molecular complexity index is 1570. The third kappa shape index (κ3) is 5.86. The molecule has 9 nitrogen and oxygen atoms in total. The Balaban J connectivity index is 1.53. The van der Waals surface area contributed by atoms with Gasteiger partial charge in [-0.15, -0.1) is 0 Å². The molecule has 2 atom stereocenters. The SMILES string of the molecule is COC(=O)C(C(C)C)N(c1ccc(-c2ccc(NC(=O)c3oc4ccc(I)c(OC)c4c3C)cc2)cc1)S(=O)O. The molecule has 11 heteroatoms. The number of carbonyl (C=O) groups is 2. The third-order valence-corrected chi connectivity index (χ3v) is 8.13. The summed E-state index contributed by atoms with van der Waals surface area (Å²) in [4.78, 5) is 25.4. The number of hydrogen-bond donors (Lipinski definition) is 2. The van der Waals surface area contributed by atoms with Crippen molar-refractivity contribution in [2.24, 2.45) is 5.92 Å². The Labute approximate surface area is 248 Å². The van der Waals surface area contributed by atoms with E-state index in [0.717, 1.165) is 24.4 Å². The Morgan fingerprint density at radius 2 is 1.60 bits per heavy atom. The fourth-order valence-electron chi connectivity index (χ4n) is 4.54. The molecule has 0 bridgehead atoms. The van der Waals surface area contributed by atoms with E-state index in [-0.39, 0.29) is 17.6 Å². The third-order valence-electron chi connectivity index (χ3n) is 6.50. The number of esters is 1. The second-order valence-electron chi connectivity index (χ2n) is 9.36. The molecule has 0 aliphatic heterocycles. The molecule has 4 rings (SSSR count). The van der Waals surface area contributed by atoms with Crippen molar-refractivity contribution in [1.29, 1.82) is 0 Å². The van der Waals surface area contributed by atoms with Crippen molar-refractivity contribution in [1.82, 2.24) is 0 Å². The van der Waals surface area contributed by atoms with Crippen molar-refractivity contribution < 1.29 is 32.2 Å². The summed E-state index contributed by atoms with van der Waals surface area (Å²) < 4.78 is 40.4. The minimum atomic E-state index is -2.44. The average Bonchev–Trinajstić information content (AvgIpc) is 3.28. The molecule has 0 aliphatic rings. The van der Waals surface area contributed by atoms with Gasteiger partial charge in [0.25, 0.3) is 17.2 Å². The van der Waals surface area contributed by atoms with Gasteiger partial charge >= 0.3 is 5.97 Å². The van der Waals surface area contributed by atoms with Gasteiger partial charge in [-0.25, -0.2) is 9.00 Å². The van der Waals surface area contributed by atoms with E-state index in [0.29, 0.717) is 28.3 Å². The second kappa shape index (κ2) is 12.4. The number of amides is 1. The average molecular weight is 677 g/mol. The van der Waals surface area contributed by atoms with Gasteiger partial charge in [0.2, 0.25) is 0 Å². The first-order valence-electron chi connectivity index (χ1n) is 12.3. The summed E-state index contributed by atoms with van der Waals surface area (Å²) in [7, 11) is 2.84. The largest absolute Gasteiger partial charge is 0.495 e. The van der Waals surface area contributed by atoms with Gasteiger partial charge in [-0.1, -0.05) is 38.1 Å². The van der Waals surface area contributed by atoms with Crippen LogP contribution in [0.25, 0.3) is 22.1 Å².